The van der Waals surface area contributed by atoms with Gasteiger partial charge in [0.15, 0.2) is 5.82 Å². The molecule has 28 heavy (non-hydrogen) atoms. The SMILES string of the molecule is COCCN/C=C(\C(=N)OC)C(=O)Nc1cccc(-c2nncn2C(C)C)n1. The molecule has 0 spiro atoms. The van der Waals surface area contributed by atoms with E-state index in [9.17, 15) is 4.79 Å². The quantitative estimate of drug-likeness (QED) is 0.258. The lowest BCUT2D eigenvalue weighted by Crippen LogP contribution is -2.25. The van der Waals surface area contributed by atoms with Crippen molar-refractivity contribution in [1.29, 1.82) is 5.41 Å². The van der Waals surface area contributed by atoms with Crippen LogP contribution in [0, 0.1) is 5.41 Å². The van der Waals surface area contributed by atoms with Crippen LogP contribution in [0.4, 0.5) is 5.82 Å². The molecule has 0 unspecified atom stereocenters. The number of methoxy groups -OCH3 is 2. The van der Waals surface area contributed by atoms with Crippen LogP contribution >= 0.6 is 0 Å². The fourth-order valence-electron chi connectivity index (χ4n) is 2.30. The van der Waals surface area contributed by atoms with E-state index in [1.54, 1.807) is 31.6 Å². The van der Waals surface area contributed by atoms with Gasteiger partial charge in [0.05, 0.1) is 13.7 Å². The van der Waals surface area contributed by atoms with E-state index < -0.39 is 5.91 Å². The van der Waals surface area contributed by atoms with Crippen LogP contribution in [0.15, 0.2) is 36.3 Å². The fraction of sp³-hybridized carbons (Fsp3) is 0.389. The Hall–Kier alpha value is -3.27. The number of hydrogen-bond donors (Lipinski definition) is 3. The number of rotatable bonds is 9. The summed E-state index contributed by atoms with van der Waals surface area (Å²) in [6.07, 6.45) is 3.05. The van der Waals surface area contributed by atoms with Gasteiger partial charge in [-0.25, -0.2) is 4.98 Å². The molecular formula is C18H25N7O3. The molecule has 0 aliphatic carbocycles. The van der Waals surface area contributed by atoms with Crippen molar-refractivity contribution >= 4 is 17.6 Å². The van der Waals surface area contributed by atoms with Crippen LogP contribution in [0.3, 0.4) is 0 Å². The Bertz CT molecular complexity index is 845. The number of pyridine rings is 1. The summed E-state index contributed by atoms with van der Waals surface area (Å²) in [4.78, 5) is 17.0. The van der Waals surface area contributed by atoms with Crippen molar-refractivity contribution in [3.05, 3.63) is 36.3 Å². The predicted molar refractivity (Wildman–Crippen MR) is 105 cm³/mol. The highest BCUT2D eigenvalue weighted by Crippen LogP contribution is 2.20. The van der Waals surface area contributed by atoms with Crippen molar-refractivity contribution in [2.75, 3.05) is 32.7 Å². The summed E-state index contributed by atoms with van der Waals surface area (Å²) in [5.41, 5.74) is 0.616. The van der Waals surface area contributed by atoms with Crippen LogP contribution in [0.1, 0.15) is 19.9 Å². The van der Waals surface area contributed by atoms with Gasteiger partial charge in [0.1, 0.15) is 23.4 Å². The first-order chi connectivity index (χ1) is 13.5. The van der Waals surface area contributed by atoms with Crippen LogP contribution in [0.25, 0.3) is 11.5 Å². The summed E-state index contributed by atoms with van der Waals surface area (Å²) < 4.78 is 11.7. The number of ether oxygens (including phenoxy) is 2. The van der Waals surface area contributed by atoms with Crippen molar-refractivity contribution in [3.63, 3.8) is 0 Å². The maximum absolute atomic E-state index is 12.6. The average Bonchev–Trinajstić information content (AvgIpc) is 3.18. The van der Waals surface area contributed by atoms with Crippen LogP contribution in [-0.4, -0.2) is 58.9 Å². The summed E-state index contributed by atoms with van der Waals surface area (Å²) in [5, 5.41) is 21.5. The van der Waals surface area contributed by atoms with Gasteiger partial charge in [-0.1, -0.05) is 6.07 Å². The number of carbonyl (C=O) groups is 1. The first kappa shape index (κ1) is 21.0. The zero-order valence-corrected chi connectivity index (χ0v) is 16.4. The second-order valence-electron chi connectivity index (χ2n) is 6.06. The van der Waals surface area contributed by atoms with Gasteiger partial charge in [0, 0.05) is 25.9 Å². The molecule has 2 aromatic heterocycles. The zero-order valence-electron chi connectivity index (χ0n) is 16.4. The van der Waals surface area contributed by atoms with E-state index >= 15 is 0 Å². The Labute approximate surface area is 163 Å². The standard InChI is InChI=1S/C18H25N7O3/c1-12(2)25-11-21-24-17(25)14-6-5-7-15(22-14)23-18(26)13(16(19)28-4)10-20-8-9-27-3/h5-7,10-12,19-20H,8-9H2,1-4H3,(H,22,23,26)/b13-10+,19-16?. The highest BCUT2D eigenvalue weighted by molar-refractivity contribution is 6.21. The topological polar surface area (TPSA) is 127 Å². The molecule has 0 saturated heterocycles. The molecule has 0 aliphatic heterocycles. The second kappa shape index (κ2) is 10.2. The average molecular weight is 387 g/mol. The summed E-state index contributed by atoms with van der Waals surface area (Å²) in [5.74, 6) is 0.144. The smallest absolute Gasteiger partial charge is 0.263 e. The minimum Gasteiger partial charge on any atom is -0.481 e. The van der Waals surface area contributed by atoms with E-state index in [1.807, 2.05) is 18.4 Å². The predicted octanol–water partition coefficient (Wildman–Crippen LogP) is 1.60. The van der Waals surface area contributed by atoms with Gasteiger partial charge in [-0.3, -0.25) is 10.2 Å². The zero-order chi connectivity index (χ0) is 20.5. The number of aromatic nitrogens is 4. The molecule has 10 heteroatoms. The van der Waals surface area contributed by atoms with Gasteiger partial charge < -0.3 is 24.7 Å². The van der Waals surface area contributed by atoms with Gasteiger partial charge in [0.2, 0.25) is 5.90 Å². The first-order valence-corrected chi connectivity index (χ1v) is 8.71. The first-order valence-electron chi connectivity index (χ1n) is 8.71. The van der Waals surface area contributed by atoms with E-state index in [4.69, 9.17) is 14.9 Å². The molecular weight excluding hydrogens is 362 g/mol. The third-order valence-corrected chi connectivity index (χ3v) is 3.74. The minimum atomic E-state index is -0.522. The van der Waals surface area contributed by atoms with E-state index in [0.29, 0.717) is 30.5 Å². The van der Waals surface area contributed by atoms with Gasteiger partial charge in [-0.15, -0.1) is 10.2 Å². The molecule has 2 aromatic rings. The molecule has 10 nitrogen and oxygen atoms in total. The summed E-state index contributed by atoms with van der Waals surface area (Å²) >= 11 is 0. The number of hydrogen-bond acceptors (Lipinski definition) is 8. The Morgan fingerprint density at radius 1 is 1.36 bits per heavy atom. The molecule has 1 amide bonds. The van der Waals surface area contributed by atoms with E-state index in [2.05, 4.69) is 25.8 Å². The van der Waals surface area contributed by atoms with Crippen LogP contribution in [-0.2, 0) is 14.3 Å². The number of amides is 1. The molecule has 2 rings (SSSR count). The number of nitrogens with zero attached hydrogens (tertiary/aromatic N) is 4. The maximum Gasteiger partial charge on any atom is 0.263 e. The van der Waals surface area contributed by atoms with Gasteiger partial charge >= 0.3 is 0 Å². The largest absolute Gasteiger partial charge is 0.481 e. The summed E-state index contributed by atoms with van der Waals surface area (Å²) in [7, 11) is 2.91. The molecule has 0 aromatic carbocycles. The molecule has 2 heterocycles. The molecule has 3 N–H and O–H groups in total. The van der Waals surface area contributed by atoms with Crippen LogP contribution in [0.5, 0.6) is 0 Å². The number of nitrogens with one attached hydrogen (secondary N) is 3. The van der Waals surface area contributed by atoms with Crippen LogP contribution < -0.4 is 10.6 Å². The van der Waals surface area contributed by atoms with Gasteiger partial charge in [-0.05, 0) is 26.0 Å². The molecule has 0 fully saturated rings. The monoisotopic (exact) mass is 387 g/mol. The molecule has 0 aliphatic rings. The molecule has 0 bridgehead atoms. The Morgan fingerprint density at radius 2 is 2.14 bits per heavy atom. The minimum absolute atomic E-state index is 0.0381. The van der Waals surface area contributed by atoms with Crippen LogP contribution in [0.2, 0.25) is 0 Å². The lowest BCUT2D eigenvalue weighted by Gasteiger charge is -2.12. The fourth-order valence-corrected chi connectivity index (χ4v) is 2.30. The Balaban J connectivity index is 2.20. The molecule has 0 atom stereocenters. The summed E-state index contributed by atoms with van der Waals surface area (Å²) in [6.45, 7) is 4.99. The highest BCUT2D eigenvalue weighted by atomic mass is 16.5. The molecule has 0 radical (unpaired) electrons. The third kappa shape index (κ3) is 5.36. The second-order valence-corrected chi connectivity index (χ2v) is 6.06. The van der Waals surface area contributed by atoms with Crippen molar-refractivity contribution < 1.29 is 14.3 Å². The van der Waals surface area contributed by atoms with Gasteiger partial charge in [0.25, 0.3) is 5.91 Å². The van der Waals surface area contributed by atoms with E-state index in [-0.39, 0.29) is 17.5 Å². The van der Waals surface area contributed by atoms with Crippen molar-refractivity contribution in [3.8, 4) is 11.5 Å². The van der Waals surface area contributed by atoms with Crippen molar-refractivity contribution in [2.24, 2.45) is 0 Å². The lowest BCUT2D eigenvalue weighted by molar-refractivity contribution is -0.112. The van der Waals surface area contributed by atoms with E-state index in [1.165, 1.54) is 13.3 Å². The number of carbonyl (C=O) groups excluding carboxylic acids is 1. The lowest BCUT2D eigenvalue weighted by atomic mass is 10.2. The number of anilines is 1. The molecule has 150 valence electrons. The Kier molecular flexibility index (Phi) is 7.64. The Morgan fingerprint density at radius 3 is 2.82 bits per heavy atom. The highest BCUT2D eigenvalue weighted by Gasteiger charge is 2.17. The van der Waals surface area contributed by atoms with Crippen molar-refractivity contribution in [1.82, 2.24) is 25.1 Å². The maximum atomic E-state index is 12.6. The molecule has 0 saturated carbocycles. The van der Waals surface area contributed by atoms with Gasteiger partial charge in [-0.2, -0.15) is 0 Å². The third-order valence-electron chi connectivity index (χ3n) is 3.74. The summed E-state index contributed by atoms with van der Waals surface area (Å²) in [6, 6.07) is 5.38. The van der Waals surface area contributed by atoms with Crippen molar-refractivity contribution in [2.45, 2.75) is 19.9 Å². The normalized spacial score (nSPS) is 11.4. The van der Waals surface area contributed by atoms with E-state index in [0.717, 1.165) is 0 Å².